The van der Waals surface area contributed by atoms with E-state index in [9.17, 15) is 4.79 Å². The number of aromatic amines is 1. The molecule has 1 fully saturated rings. The number of aromatic nitrogens is 3. The molecule has 2 N–H and O–H groups in total. The highest BCUT2D eigenvalue weighted by Crippen LogP contribution is 2.31. The quantitative estimate of drug-likeness (QED) is 0.852. The molecule has 2 aromatic rings. The van der Waals surface area contributed by atoms with Gasteiger partial charge in [0, 0.05) is 17.5 Å². The van der Waals surface area contributed by atoms with Gasteiger partial charge in [0.15, 0.2) is 5.82 Å². The molecule has 0 unspecified atom stereocenters. The van der Waals surface area contributed by atoms with Crippen LogP contribution in [0.25, 0.3) is 11.4 Å². The fourth-order valence-corrected chi connectivity index (χ4v) is 3.03. The van der Waals surface area contributed by atoms with Gasteiger partial charge in [0.2, 0.25) is 5.91 Å². The first kappa shape index (κ1) is 15.0. The Kier molecular flexibility index (Phi) is 4.73. The van der Waals surface area contributed by atoms with E-state index >= 15 is 0 Å². The number of hydrogen-bond donors (Lipinski definition) is 2. The van der Waals surface area contributed by atoms with Crippen molar-refractivity contribution in [2.45, 2.75) is 37.6 Å². The maximum absolute atomic E-state index is 11.3. The second-order valence-corrected chi connectivity index (χ2v) is 5.93. The Balaban J connectivity index is 1.60. The number of benzene rings is 1. The first-order valence-electron chi connectivity index (χ1n) is 7.59. The third kappa shape index (κ3) is 3.47. The standard InChI is InChI=1S/C16H19ClN4O/c17-10-14(22)18-13-8-6-12(7-9-13)16-19-15(20-21-16)11-4-2-1-3-5-11/h1-5,12-13H,6-10H2,(H,18,22)(H,19,20,21). The number of rotatable bonds is 4. The molecule has 0 aliphatic heterocycles. The summed E-state index contributed by atoms with van der Waals surface area (Å²) in [7, 11) is 0. The number of halogens is 1. The highest BCUT2D eigenvalue weighted by molar-refractivity contribution is 6.27. The predicted molar refractivity (Wildman–Crippen MR) is 85.7 cm³/mol. The minimum absolute atomic E-state index is 0.0302. The minimum Gasteiger partial charge on any atom is -0.352 e. The van der Waals surface area contributed by atoms with Gasteiger partial charge in [-0.1, -0.05) is 30.3 Å². The van der Waals surface area contributed by atoms with Crippen molar-refractivity contribution in [1.29, 1.82) is 0 Å². The van der Waals surface area contributed by atoms with E-state index in [0.29, 0.717) is 5.92 Å². The zero-order valence-electron chi connectivity index (χ0n) is 12.3. The number of H-pyrrole nitrogens is 1. The number of hydrogen-bond acceptors (Lipinski definition) is 3. The van der Waals surface area contributed by atoms with Gasteiger partial charge in [-0.25, -0.2) is 4.98 Å². The lowest BCUT2D eigenvalue weighted by atomic mass is 9.85. The third-order valence-electron chi connectivity index (χ3n) is 4.14. The Morgan fingerprint density at radius 3 is 2.64 bits per heavy atom. The number of alkyl halides is 1. The molecule has 0 saturated heterocycles. The third-order valence-corrected chi connectivity index (χ3v) is 4.38. The Morgan fingerprint density at radius 2 is 1.95 bits per heavy atom. The van der Waals surface area contributed by atoms with Crippen molar-refractivity contribution in [3.05, 3.63) is 36.2 Å². The first-order valence-corrected chi connectivity index (χ1v) is 8.12. The van der Waals surface area contributed by atoms with Gasteiger partial charge >= 0.3 is 0 Å². The molecule has 5 nitrogen and oxygen atoms in total. The minimum atomic E-state index is -0.0869. The Morgan fingerprint density at radius 1 is 1.23 bits per heavy atom. The molecule has 1 aliphatic rings. The van der Waals surface area contributed by atoms with E-state index in [2.05, 4.69) is 20.5 Å². The van der Waals surface area contributed by atoms with E-state index in [1.807, 2.05) is 30.3 Å². The zero-order valence-corrected chi connectivity index (χ0v) is 13.0. The summed E-state index contributed by atoms with van der Waals surface area (Å²) in [4.78, 5) is 16.0. The van der Waals surface area contributed by atoms with E-state index in [1.54, 1.807) is 0 Å². The maximum Gasteiger partial charge on any atom is 0.235 e. The monoisotopic (exact) mass is 318 g/mol. The van der Waals surface area contributed by atoms with Crippen LogP contribution in [-0.2, 0) is 4.79 Å². The number of nitrogens with zero attached hydrogens (tertiary/aromatic N) is 2. The molecular weight excluding hydrogens is 300 g/mol. The molecule has 116 valence electrons. The largest absolute Gasteiger partial charge is 0.352 e. The van der Waals surface area contributed by atoms with Crippen LogP contribution in [0.2, 0.25) is 0 Å². The number of carbonyl (C=O) groups is 1. The fourth-order valence-electron chi connectivity index (χ4n) is 2.95. The molecule has 1 heterocycles. The van der Waals surface area contributed by atoms with Crippen molar-refractivity contribution in [2.75, 3.05) is 5.88 Å². The van der Waals surface area contributed by atoms with Gasteiger partial charge in [0.25, 0.3) is 0 Å². The van der Waals surface area contributed by atoms with Crippen LogP contribution in [-0.4, -0.2) is 33.0 Å². The van der Waals surface area contributed by atoms with Crippen LogP contribution < -0.4 is 5.32 Å². The van der Waals surface area contributed by atoms with Crippen molar-refractivity contribution in [2.24, 2.45) is 0 Å². The molecule has 1 saturated carbocycles. The zero-order chi connectivity index (χ0) is 15.4. The molecular formula is C16H19ClN4O. The fraction of sp³-hybridized carbons (Fsp3) is 0.438. The summed E-state index contributed by atoms with van der Waals surface area (Å²) in [5.41, 5.74) is 1.02. The van der Waals surface area contributed by atoms with Crippen molar-refractivity contribution < 1.29 is 4.79 Å². The second-order valence-electron chi connectivity index (χ2n) is 5.66. The molecule has 22 heavy (non-hydrogen) atoms. The smallest absolute Gasteiger partial charge is 0.235 e. The lowest BCUT2D eigenvalue weighted by molar-refractivity contribution is -0.119. The van der Waals surface area contributed by atoms with E-state index < -0.39 is 0 Å². The molecule has 6 heteroatoms. The van der Waals surface area contributed by atoms with E-state index in [-0.39, 0.29) is 17.8 Å². The molecule has 0 radical (unpaired) electrons. The molecule has 1 aromatic carbocycles. The lowest BCUT2D eigenvalue weighted by Crippen LogP contribution is -2.38. The van der Waals surface area contributed by atoms with Crippen molar-refractivity contribution in [3.8, 4) is 11.4 Å². The predicted octanol–water partition coefficient (Wildman–Crippen LogP) is 2.85. The van der Waals surface area contributed by atoms with Crippen molar-refractivity contribution in [1.82, 2.24) is 20.5 Å². The van der Waals surface area contributed by atoms with Gasteiger partial charge in [-0.2, -0.15) is 5.10 Å². The highest BCUT2D eigenvalue weighted by Gasteiger charge is 2.25. The average Bonchev–Trinajstić information content (AvgIpc) is 3.06. The normalized spacial score (nSPS) is 21.5. The molecule has 0 bridgehead atoms. The molecule has 0 atom stereocenters. The summed E-state index contributed by atoms with van der Waals surface area (Å²) in [6.45, 7) is 0. The summed E-state index contributed by atoms with van der Waals surface area (Å²) in [5, 5.41) is 10.3. The van der Waals surface area contributed by atoms with Crippen LogP contribution >= 0.6 is 11.6 Å². The van der Waals surface area contributed by atoms with Crippen LogP contribution in [0.1, 0.15) is 37.4 Å². The maximum atomic E-state index is 11.3. The molecule has 1 aliphatic carbocycles. The summed E-state index contributed by atoms with van der Waals surface area (Å²) < 4.78 is 0. The van der Waals surface area contributed by atoms with E-state index in [0.717, 1.165) is 42.9 Å². The SMILES string of the molecule is O=C(CCl)NC1CCC(c2nc(-c3ccccc3)n[nH]2)CC1. The van der Waals surface area contributed by atoms with Gasteiger partial charge in [0.05, 0.1) is 0 Å². The summed E-state index contributed by atoms with van der Waals surface area (Å²) in [6, 6.07) is 10.2. The molecule has 1 aromatic heterocycles. The van der Waals surface area contributed by atoms with Gasteiger partial charge in [0.1, 0.15) is 11.7 Å². The van der Waals surface area contributed by atoms with Gasteiger partial charge in [-0.15, -0.1) is 11.6 Å². The Labute approximate surface area is 134 Å². The molecule has 0 spiro atoms. The second kappa shape index (κ2) is 6.92. The average molecular weight is 319 g/mol. The van der Waals surface area contributed by atoms with Crippen LogP contribution in [0.4, 0.5) is 0 Å². The van der Waals surface area contributed by atoms with Crippen molar-refractivity contribution in [3.63, 3.8) is 0 Å². The van der Waals surface area contributed by atoms with Crippen LogP contribution in [0.5, 0.6) is 0 Å². The first-order chi connectivity index (χ1) is 10.8. The number of nitrogens with one attached hydrogen (secondary N) is 2. The van der Waals surface area contributed by atoms with Crippen molar-refractivity contribution >= 4 is 17.5 Å². The number of carbonyl (C=O) groups excluding carboxylic acids is 1. The summed E-state index contributed by atoms with van der Waals surface area (Å²) >= 11 is 5.52. The van der Waals surface area contributed by atoms with Gasteiger partial charge in [-0.3, -0.25) is 9.89 Å². The highest BCUT2D eigenvalue weighted by atomic mass is 35.5. The molecule has 1 amide bonds. The summed E-state index contributed by atoms with van der Waals surface area (Å²) in [6.07, 6.45) is 3.90. The van der Waals surface area contributed by atoms with Crippen LogP contribution in [0.3, 0.4) is 0 Å². The van der Waals surface area contributed by atoms with Gasteiger partial charge < -0.3 is 5.32 Å². The van der Waals surface area contributed by atoms with Crippen LogP contribution in [0.15, 0.2) is 30.3 Å². The molecule has 3 rings (SSSR count). The van der Waals surface area contributed by atoms with E-state index in [1.165, 1.54) is 0 Å². The van der Waals surface area contributed by atoms with Gasteiger partial charge in [-0.05, 0) is 25.7 Å². The van der Waals surface area contributed by atoms with Crippen LogP contribution in [0, 0.1) is 0 Å². The lowest BCUT2D eigenvalue weighted by Gasteiger charge is -2.27. The topological polar surface area (TPSA) is 70.7 Å². The Hall–Kier alpha value is -1.88. The Bertz CT molecular complexity index is 620. The van der Waals surface area contributed by atoms with E-state index in [4.69, 9.17) is 11.6 Å². The summed E-state index contributed by atoms with van der Waals surface area (Å²) in [5.74, 6) is 2.02. The number of amides is 1.